The van der Waals surface area contributed by atoms with Crippen LogP contribution in [0, 0.1) is 12.3 Å². The van der Waals surface area contributed by atoms with Gasteiger partial charge in [-0.3, -0.25) is 0 Å². The van der Waals surface area contributed by atoms with Crippen molar-refractivity contribution in [1.82, 2.24) is 9.97 Å². The minimum absolute atomic E-state index is 0.0884. The molecule has 0 radical (unpaired) electrons. The summed E-state index contributed by atoms with van der Waals surface area (Å²) in [5.41, 5.74) is 9.24. The van der Waals surface area contributed by atoms with E-state index in [2.05, 4.69) is 11.8 Å². The Labute approximate surface area is 149 Å². The van der Waals surface area contributed by atoms with Crippen LogP contribution in [0.4, 0.5) is 5.95 Å². The molecule has 138 valence electrons. The number of aryl methyl sites for hydroxylation is 2. The molecule has 6 heteroatoms. The molecule has 2 heterocycles. The molecule has 0 unspecified atom stereocenters. The van der Waals surface area contributed by atoms with E-state index in [1.165, 1.54) is 24.1 Å². The molecule has 25 heavy (non-hydrogen) atoms. The molecule has 6 nitrogen and oxygen atoms in total. The molecule has 2 fully saturated rings. The molecule has 1 spiro atoms. The predicted molar refractivity (Wildman–Crippen MR) is 96.7 cm³/mol. The number of hydrogen-bond donors (Lipinski definition) is 2. The third-order valence-electron chi connectivity index (χ3n) is 6.53. The Hall–Kier alpha value is -1.24. The van der Waals surface area contributed by atoms with E-state index < -0.39 is 0 Å². The SMILES string of the molecule is Cc1nc(N2CCC3(CC2)[C@@H](O)C[C@H]3OCCN)nc2c1CCCC2. The molecule has 1 aliphatic heterocycles. The molecule has 2 aliphatic carbocycles. The number of rotatable bonds is 4. The van der Waals surface area contributed by atoms with Gasteiger partial charge in [0.05, 0.1) is 18.8 Å². The summed E-state index contributed by atoms with van der Waals surface area (Å²) in [6.45, 7) is 5.01. The number of aliphatic hydroxyl groups is 1. The van der Waals surface area contributed by atoms with Gasteiger partial charge in [-0.15, -0.1) is 0 Å². The topological polar surface area (TPSA) is 84.5 Å². The van der Waals surface area contributed by atoms with Crippen molar-refractivity contribution < 1.29 is 9.84 Å². The number of nitrogens with two attached hydrogens (primary N) is 1. The fourth-order valence-corrected chi connectivity index (χ4v) is 4.86. The molecular weight excluding hydrogens is 316 g/mol. The zero-order chi connectivity index (χ0) is 17.4. The fourth-order valence-electron chi connectivity index (χ4n) is 4.86. The lowest BCUT2D eigenvalue weighted by Crippen LogP contribution is -2.62. The first-order valence-corrected chi connectivity index (χ1v) is 9.75. The fraction of sp³-hybridized carbons (Fsp3) is 0.789. The average Bonchev–Trinajstić information content (AvgIpc) is 2.65. The van der Waals surface area contributed by atoms with Crippen LogP contribution in [-0.2, 0) is 17.6 Å². The highest BCUT2D eigenvalue weighted by atomic mass is 16.5. The van der Waals surface area contributed by atoms with E-state index in [9.17, 15) is 5.11 Å². The molecule has 3 N–H and O–H groups in total. The normalized spacial score (nSPS) is 27.9. The number of fused-ring (bicyclic) bond motifs is 1. The van der Waals surface area contributed by atoms with Gasteiger partial charge in [-0.2, -0.15) is 0 Å². The van der Waals surface area contributed by atoms with Gasteiger partial charge in [-0.05, 0) is 51.0 Å². The molecule has 0 bridgehead atoms. The third kappa shape index (κ3) is 2.94. The second-order valence-corrected chi connectivity index (χ2v) is 7.86. The van der Waals surface area contributed by atoms with Crippen molar-refractivity contribution in [2.75, 3.05) is 31.1 Å². The Morgan fingerprint density at radius 1 is 1.24 bits per heavy atom. The second-order valence-electron chi connectivity index (χ2n) is 7.86. The van der Waals surface area contributed by atoms with Crippen molar-refractivity contribution in [3.05, 3.63) is 17.0 Å². The van der Waals surface area contributed by atoms with Crippen molar-refractivity contribution in [2.45, 2.75) is 64.1 Å². The van der Waals surface area contributed by atoms with Gasteiger partial charge < -0.3 is 20.5 Å². The Morgan fingerprint density at radius 3 is 2.72 bits per heavy atom. The summed E-state index contributed by atoms with van der Waals surface area (Å²) < 4.78 is 5.89. The molecule has 4 rings (SSSR count). The van der Waals surface area contributed by atoms with E-state index in [1.54, 1.807) is 0 Å². The summed E-state index contributed by atoms with van der Waals surface area (Å²) in [4.78, 5) is 12.0. The predicted octanol–water partition coefficient (Wildman–Crippen LogP) is 1.36. The van der Waals surface area contributed by atoms with E-state index in [0.717, 1.165) is 56.8 Å². The van der Waals surface area contributed by atoms with Crippen LogP contribution < -0.4 is 10.6 Å². The van der Waals surface area contributed by atoms with Gasteiger partial charge in [0, 0.05) is 42.9 Å². The zero-order valence-corrected chi connectivity index (χ0v) is 15.2. The lowest BCUT2D eigenvalue weighted by molar-refractivity contribution is -0.200. The van der Waals surface area contributed by atoms with Crippen LogP contribution in [0.5, 0.6) is 0 Å². The van der Waals surface area contributed by atoms with Crippen LogP contribution in [-0.4, -0.2) is 53.5 Å². The Morgan fingerprint density at radius 2 is 2.00 bits per heavy atom. The highest BCUT2D eigenvalue weighted by Gasteiger charge is 2.56. The van der Waals surface area contributed by atoms with Crippen LogP contribution in [0.15, 0.2) is 0 Å². The minimum atomic E-state index is -0.247. The van der Waals surface area contributed by atoms with Gasteiger partial charge in [-0.25, -0.2) is 9.97 Å². The van der Waals surface area contributed by atoms with Gasteiger partial charge in [0.1, 0.15) is 0 Å². The van der Waals surface area contributed by atoms with Crippen LogP contribution in [0.25, 0.3) is 0 Å². The maximum atomic E-state index is 10.4. The molecule has 1 saturated carbocycles. The van der Waals surface area contributed by atoms with Crippen molar-refractivity contribution in [3.8, 4) is 0 Å². The largest absolute Gasteiger partial charge is 0.392 e. The maximum Gasteiger partial charge on any atom is 0.225 e. The number of hydrogen-bond acceptors (Lipinski definition) is 6. The maximum absolute atomic E-state index is 10.4. The number of ether oxygens (including phenoxy) is 1. The Kier molecular flexibility index (Phi) is 4.69. The summed E-state index contributed by atoms with van der Waals surface area (Å²) in [5, 5.41) is 10.4. The Balaban J connectivity index is 1.46. The van der Waals surface area contributed by atoms with Crippen LogP contribution >= 0.6 is 0 Å². The summed E-state index contributed by atoms with van der Waals surface area (Å²) in [6.07, 6.45) is 7.21. The van der Waals surface area contributed by atoms with E-state index in [0.29, 0.717) is 13.2 Å². The summed E-state index contributed by atoms with van der Waals surface area (Å²) in [5.74, 6) is 0.876. The van der Waals surface area contributed by atoms with Crippen molar-refractivity contribution in [3.63, 3.8) is 0 Å². The zero-order valence-electron chi connectivity index (χ0n) is 15.2. The molecule has 1 saturated heterocycles. The standard InChI is InChI=1S/C19H30N4O2/c1-13-14-4-2-3-5-15(14)22-18(21-13)23-9-6-19(7-10-23)16(24)12-17(19)25-11-8-20/h16-17,24H,2-12,20H2,1H3/t16-,17+/m0/s1. The van der Waals surface area contributed by atoms with Crippen molar-refractivity contribution in [2.24, 2.45) is 11.1 Å². The first-order valence-electron chi connectivity index (χ1n) is 9.75. The van der Waals surface area contributed by atoms with Crippen molar-refractivity contribution in [1.29, 1.82) is 0 Å². The quantitative estimate of drug-likeness (QED) is 0.856. The molecule has 1 aromatic rings. The minimum Gasteiger partial charge on any atom is -0.392 e. The van der Waals surface area contributed by atoms with Gasteiger partial charge in [-0.1, -0.05) is 0 Å². The van der Waals surface area contributed by atoms with Crippen molar-refractivity contribution >= 4 is 5.95 Å². The van der Waals surface area contributed by atoms with Gasteiger partial charge >= 0.3 is 0 Å². The van der Waals surface area contributed by atoms with Crippen LogP contribution in [0.2, 0.25) is 0 Å². The number of anilines is 1. The summed E-state index contributed by atoms with van der Waals surface area (Å²) >= 11 is 0. The van der Waals surface area contributed by atoms with Crippen LogP contribution in [0.3, 0.4) is 0 Å². The monoisotopic (exact) mass is 346 g/mol. The van der Waals surface area contributed by atoms with Gasteiger partial charge in [0.2, 0.25) is 5.95 Å². The molecule has 0 aromatic carbocycles. The second kappa shape index (κ2) is 6.82. The molecule has 3 aliphatic rings. The third-order valence-corrected chi connectivity index (χ3v) is 6.53. The Bertz CT molecular complexity index is 628. The number of aliphatic hydroxyl groups excluding tert-OH is 1. The number of aromatic nitrogens is 2. The van der Waals surface area contributed by atoms with E-state index in [4.69, 9.17) is 20.4 Å². The number of piperidine rings is 1. The highest BCUT2D eigenvalue weighted by molar-refractivity contribution is 5.39. The smallest absolute Gasteiger partial charge is 0.225 e. The summed E-state index contributed by atoms with van der Waals surface area (Å²) in [6, 6.07) is 0. The first-order chi connectivity index (χ1) is 12.1. The van der Waals surface area contributed by atoms with E-state index >= 15 is 0 Å². The van der Waals surface area contributed by atoms with Crippen LogP contribution in [0.1, 0.15) is 49.1 Å². The molecule has 0 amide bonds. The van der Waals surface area contributed by atoms with E-state index in [-0.39, 0.29) is 17.6 Å². The lowest BCUT2D eigenvalue weighted by Gasteiger charge is -2.56. The molecule has 2 atom stereocenters. The first kappa shape index (κ1) is 17.2. The van der Waals surface area contributed by atoms with Gasteiger partial charge in [0.25, 0.3) is 0 Å². The lowest BCUT2D eigenvalue weighted by atomic mass is 9.58. The highest BCUT2D eigenvalue weighted by Crippen LogP contribution is 2.51. The van der Waals surface area contributed by atoms with Gasteiger partial charge in [0.15, 0.2) is 0 Å². The average molecular weight is 346 g/mol. The summed E-state index contributed by atoms with van der Waals surface area (Å²) in [7, 11) is 0. The number of nitrogens with zero attached hydrogens (tertiary/aromatic N) is 3. The van der Waals surface area contributed by atoms with E-state index in [1.807, 2.05) is 0 Å². The molecule has 1 aromatic heterocycles. The molecular formula is C19H30N4O2.